The number of rotatable bonds is 5. The van der Waals surface area contributed by atoms with E-state index in [-0.39, 0.29) is 12.0 Å². The highest BCUT2D eigenvalue weighted by Crippen LogP contribution is 2.38. The van der Waals surface area contributed by atoms with Crippen molar-refractivity contribution >= 4 is 5.91 Å². The average molecular weight is 357 g/mol. The number of amides is 1. The predicted molar refractivity (Wildman–Crippen MR) is 97.1 cm³/mol. The second-order valence-corrected chi connectivity index (χ2v) is 5.94. The van der Waals surface area contributed by atoms with Gasteiger partial charge in [0.2, 0.25) is 5.75 Å². The van der Waals surface area contributed by atoms with Crippen LogP contribution in [0, 0.1) is 0 Å². The van der Waals surface area contributed by atoms with Crippen molar-refractivity contribution in [3.05, 3.63) is 53.6 Å². The summed E-state index contributed by atoms with van der Waals surface area (Å²) in [5.41, 5.74) is 1.56. The molecule has 0 unspecified atom stereocenters. The van der Waals surface area contributed by atoms with E-state index in [0.717, 1.165) is 5.56 Å². The molecule has 2 aromatic carbocycles. The van der Waals surface area contributed by atoms with Gasteiger partial charge < -0.3 is 23.8 Å². The number of benzene rings is 2. The lowest BCUT2D eigenvalue weighted by molar-refractivity contribution is -0.0228. The van der Waals surface area contributed by atoms with Crippen LogP contribution in [0.3, 0.4) is 0 Å². The Morgan fingerprint density at radius 2 is 1.69 bits per heavy atom. The van der Waals surface area contributed by atoms with E-state index in [2.05, 4.69) is 0 Å². The molecule has 1 aliphatic rings. The van der Waals surface area contributed by atoms with E-state index in [4.69, 9.17) is 18.9 Å². The summed E-state index contributed by atoms with van der Waals surface area (Å²) in [6.45, 7) is 1.54. The Balaban J connectivity index is 1.84. The topological polar surface area (TPSA) is 57.2 Å². The Kier molecular flexibility index (Phi) is 5.63. The molecule has 2 aromatic rings. The summed E-state index contributed by atoms with van der Waals surface area (Å²) in [7, 11) is 4.60. The van der Waals surface area contributed by atoms with E-state index >= 15 is 0 Å². The molecular weight excluding hydrogens is 334 g/mol. The molecule has 0 N–H and O–H groups in total. The van der Waals surface area contributed by atoms with E-state index in [0.29, 0.717) is 42.5 Å². The zero-order valence-electron chi connectivity index (χ0n) is 15.2. The van der Waals surface area contributed by atoms with Crippen LogP contribution in [0.5, 0.6) is 17.2 Å². The van der Waals surface area contributed by atoms with Crippen LogP contribution < -0.4 is 14.2 Å². The van der Waals surface area contributed by atoms with E-state index in [9.17, 15) is 4.79 Å². The number of methoxy groups -OCH3 is 3. The second-order valence-electron chi connectivity index (χ2n) is 5.94. The van der Waals surface area contributed by atoms with Crippen LogP contribution in [0.25, 0.3) is 0 Å². The van der Waals surface area contributed by atoms with Gasteiger partial charge in [0.05, 0.1) is 34.5 Å². The molecule has 0 bridgehead atoms. The molecule has 0 aliphatic carbocycles. The van der Waals surface area contributed by atoms with Crippen LogP contribution in [0.15, 0.2) is 42.5 Å². The van der Waals surface area contributed by atoms with Crippen LogP contribution in [0.1, 0.15) is 22.0 Å². The van der Waals surface area contributed by atoms with Gasteiger partial charge in [-0.2, -0.15) is 0 Å². The molecular formula is C20H23NO5. The van der Waals surface area contributed by atoms with E-state index < -0.39 is 0 Å². The highest BCUT2D eigenvalue weighted by molar-refractivity contribution is 5.95. The van der Waals surface area contributed by atoms with E-state index in [1.165, 1.54) is 21.3 Å². The third-order valence-electron chi connectivity index (χ3n) is 4.44. The van der Waals surface area contributed by atoms with Crippen LogP contribution in [-0.4, -0.2) is 51.8 Å². The standard InChI is InChI=1S/C20H23NO5/c1-23-16-11-15(12-17(24-2)19(16)25-3)20(22)21-9-10-26-18(13-21)14-7-5-4-6-8-14/h4-8,11-12,18H,9-10,13H2,1-3H3/t18-/m1/s1. The fourth-order valence-corrected chi connectivity index (χ4v) is 3.09. The number of carbonyl (C=O) groups is 1. The molecule has 1 aliphatic heterocycles. The van der Waals surface area contributed by atoms with Gasteiger partial charge in [-0.25, -0.2) is 0 Å². The smallest absolute Gasteiger partial charge is 0.254 e. The van der Waals surface area contributed by atoms with Crippen molar-refractivity contribution in [1.82, 2.24) is 4.90 Å². The summed E-state index contributed by atoms with van der Waals surface area (Å²) < 4.78 is 21.9. The molecule has 26 heavy (non-hydrogen) atoms. The Hall–Kier alpha value is -2.73. The highest BCUT2D eigenvalue weighted by Gasteiger charge is 2.27. The van der Waals surface area contributed by atoms with Crippen molar-refractivity contribution in [2.75, 3.05) is 41.0 Å². The molecule has 138 valence electrons. The van der Waals surface area contributed by atoms with Gasteiger partial charge in [-0.1, -0.05) is 30.3 Å². The van der Waals surface area contributed by atoms with Gasteiger partial charge in [0.15, 0.2) is 11.5 Å². The quantitative estimate of drug-likeness (QED) is 0.823. The molecule has 1 fully saturated rings. The molecule has 0 radical (unpaired) electrons. The predicted octanol–water partition coefficient (Wildman–Crippen LogP) is 2.93. The lowest BCUT2D eigenvalue weighted by atomic mass is 10.1. The summed E-state index contributed by atoms with van der Waals surface area (Å²) in [5, 5.41) is 0. The van der Waals surface area contributed by atoms with Gasteiger partial charge in [0, 0.05) is 12.1 Å². The van der Waals surface area contributed by atoms with Gasteiger partial charge in [0.1, 0.15) is 6.10 Å². The van der Waals surface area contributed by atoms with E-state index in [1.807, 2.05) is 30.3 Å². The number of morpholine rings is 1. The summed E-state index contributed by atoms with van der Waals surface area (Å²) in [5.74, 6) is 1.30. The molecule has 0 aromatic heterocycles. The summed E-state index contributed by atoms with van der Waals surface area (Å²) in [6, 6.07) is 13.3. The third kappa shape index (κ3) is 3.60. The Morgan fingerprint density at radius 3 is 2.27 bits per heavy atom. The monoisotopic (exact) mass is 357 g/mol. The number of hydrogen-bond acceptors (Lipinski definition) is 5. The van der Waals surface area contributed by atoms with Gasteiger partial charge in [-0.15, -0.1) is 0 Å². The molecule has 6 heteroatoms. The van der Waals surface area contributed by atoms with Crippen LogP contribution in [0.4, 0.5) is 0 Å². The van der Waals surface area contributed by atoms with Crippen LogP contribution in [0.2, 0.25) is 0 Å². The molecule has 6 nitrogen and oxygen atoms in total. The fourth-order valence-electron chi connectivity index (χ4n) is 3.09. The summed E-state index contributed by atoms with van der Waals surface area (Å²) in [6.07, 6.45) is -0.129. The van der Waals surface area contributed by atoms with Crippen molar-refractivity contribution in [2.24, 2.45) is 0 Å². The van der Waals surface area contributed by atoms with Crippen LogP contribution in [-0.2, 0) is 4.74 Å². The minimum Gasteiger partial charge on any atom is -0.493 e. The largest absolute Gasteiger partial charge is 0.493 e. The number of ether oxygens (including phenoxy) is 4. The first-order valence-electron chi connectivity index (χ1n) is 8.43. The fraction of sp³-hybridized carbons (Fsp3) is 0.350. The zero-order chi connectivity index (χ0) is 18.5. The van der Waals surface area contributed by atoms with Crippen molar-refractivity contribution in [1.29, 1.82) is 0 Å². The minimum atomic E-state index is -0.129. The number of nitrogens with zero attached hydrogens (tertiary/aromatic N) is 1. The van der Waals surface area contributed by atoms with Crippen molar-refractivity contribution in [3.63, 3.8) is 0 Å². The number of hydrogen-bond donors (Lipinski definition) is 0. The van der Waals surface area contributed by atoms with E-state index in [1.54, 1.807) is 17.0 Å². The molecule has 1 saturated heterocycles. The van der Waals surface area contributed by atoms with Gasteiger partial charge in [-0.05, 0) is 17.7 Å². The SMILES string of the molecule is COc1cc(C(=O)N2CCO[C@@H](c3ccccc3)C2)cc(OC)c1OC. The highest BCUT2D eigenvalue weighted by atomic mass is 16.5. The molecule has 1 amide bonds. The average Bonchev–Trinajstić information content (AvgIpc) is 2.72. The lowest BCUT2D eigenvalue weighted by Crippen LogP contribution is -2.42. The molecule has 1 heterocycles. The maximum atomic E-state index is 13.0. The van der Waals surface area contributed by atoms with Gasteiger partial charge >= 0.3 is 0 Å². The Morgan fingerprint density at radius 1 is 1.04 bits per heavy atom. The van der Waals surface area contributed by atoms with Gasteiger partial charge in [0.25, 0.3) is 5.91 Å². The summed E-state index contributed by atoms with van der Waals surface area (Å²) >= 11 is 0. The molecule has 0 saturated carbocycles. The Labute approximate surface area is 153 Å². The molecule has 3 rings (SSSR count). The van der Waals surface area contributed by atoms with Crippen LogP contribution >= 0.6 is 0 Å². The van der Waals surface area contributed by atoms with Crippen molar-refractivity contribution in [3.8, 4) is 17.2 Å². The summed E-state index contributed by atoms with van der Waals surface area (Å²) in [4.78, 5) is 14.8. The minimum absolute atomic E-state index is 0.0894. The third-order valence-corrected chi connectivity index (χ3v) is 4.44. The normalized spacial score (nSPS) is 16.9. The lowest BCUT2D eigenvalue weighted by Gasteiger charge is -2.33. The maximum absolute atomic E-state index is 13.0. The molecule has 0 spiro atoms. The zero-order valence-corrected chi connectivity index (χ0v) is 15.2. The number of carbonyl (C=O) groups excluding carboxylic acids is 1. The van der Waals surface area contributed by atoms with Crippen molar-refractivity contribution < 1.29 is 23.7 Å². The first-order valence-corrected chi connectivity index (χ1v) is 8.43. The Bertz CT molecular complexity index is 737. The van der Waals surface area contributed by atoms with Crippen molar-refractivity contribution in [2.45, 2.75) is 6.10 Å². The maximum Gasteiger partial charge on any atom is 0.254 e. The first kappa shape index (κ1) is 18.1. The molecule has 1 atom stereocenters. The van der Waals surface area contributed by atoms with Gasteiger partial charge in [-0.3, -0.25) is 4.79 Å². The first-order chi connectivity index (χ1) is 12.7. The second kappa shape index (κ2) is 8.10.